The van der Waals surface area contributed by atoms with Gasteiger partial charge in [-0.1, -0.05) is 12.1 Å². The van der Waals surface area contributed by atoms with E-state index in [1.165, 1.54) is 5.56 Å². The first-order valence-electron chi connectivity index (χ1n) is 7.88. The average Bonchev–Trinajstić information content (AvgIpc) is 2.48. The van der Waals surface area contributed by atoms with Gasteiger partial charge in [0.25, 0.3) is 0 Å². The van der Waals surface area contributed by atoms with Crippen molar-refractivity contribution in [2.45, 2.75) is 25.9 Å². The number of ether oxygens (including phenoxy) is 1. The molecule has 0 atom stereocenters. The molecule has 1 saturated heterocycles. The number of nitrogens with zero attached hydrogens (tertiary/aromatic N) is 2. The number of carbonyl (C=O) groups excluding carboxylic acids is 1. The molecule has 1 fully saturated rings. The summed E-state index contributed by atoms with van der Waals surface area (Å²) in [5.74, 6) is 0.995. The van der Waals surface area contributed by atoms with Crippen LogP contribution >= 0.6 is 0 Å². The van der Waals surface area contributed by atoms with Gasteiger partial charge in [-0.25, -0.2) is 0 Å². The number of hydrogen-bond donors (Lipinski definition) is 1. The number of rotatable bonds is 6. The molecule has 1 aliphatic heterocycles. The molecule has 1 amide bonds. The van der Waals surface area contributed by atoms with Crippen molar-refractivity contribution < 1.29 is 14.6 Å². The molecule has 0 saturated carbocycles. The Morgan fingerprint density at radius 2 is 2.14 bits per heavy atom. The lowest BCUT2D eigenvalue weighted by molar-refractivity contribution is -0.134. The molecular formula is C17H26N2O3. The van der Waals surface area contributed by atoms with Crippen molar-refractivity contribution in [3.05, 3.63) is 29.8 Å². The molecule has 0 radical (unpaired) electrons. The van der Waals surface area contributed by atoms with Gasteiger partial charge < -0.3 is 14.7 Å². The number of aliphatic hydroxyl groups is 1. The second kappa shape index (κ2) is 8.15. The van der Waals surface area contributed by atoms with Gasteiger partial charge in [0.2, 0.25) is 5.91 Å². The minimum Gasteiger partial charge on any atom is -0.492 e. The molecule has 1 heterocycles. The number of hydrogen-bond acceptors (Lipinski definition) is 4. The lowest BCUT2D eigenvalue weighted by Crippen LogP contribution is -2.44. The quantitative estimate of drug-likeness (QED) is 0.860. The number of benzene rings is 1. The summed E-state index contributed by atoms with van der Waals surface area (Å²) in [7, 11) is 1.93. The van der Waals surface area contributed by atoms with E-state index < -0.39 is 0 Å². The van der Waals surface area contributed by atoms with Crippen molar-refractivity contribution in [3.8, 4) is 5.75 Å². The third-order valence-corrected chi connectivity index (χ3v) is 3.95. The van der Waals surface area contributed by atoms with Gasteiger partial charge in [-0.2, -0.15) is 0 Å². The van der Waals surface area contributed by atoms with Crippen LogP contribution < -0.4 is 4.74 Å². The van der Waals surface area contributed by atoms with Crippen molar-refractivity contribution >= 4 is 5.91 Å². The van der Waals surface area contributed by atoms with E-state index in [1.807, 2.05) is 48.0 Å². The third kappa shape index (κ3) is 5.31. The number of likely N-dealkylation sites (tertiary alicyclic amines) is 1. The van der Waals surface area contributed by atoms with Crippen LogP contribution in [-0.4, -0.2) is 66.8 Å². The molecule has 122 valence electrons. The van der Waals surface area contributed by atoms with E-state index in [4.69, 9.17) is 4.74 Å². The lowest BCUT2D eigenvalue weighted by Gasteiger charge is -2.31. The van der Waals surface area contributed by atoms with E-state index in [0.29, 0.717) is 45.6 Å². The largest absolute Gasteiger partial charge is 0.492 e. The van der Waals surface area contributed by atoms with Crippen molar-refractivity contribution in [2.24, 2.45) is 0 Å². The Balaban J connectivity index is 1.67. The molecule has 0 aliphatic carbocycles. The molecule has 2 rings (SSSR count). The Morgan fingerprint density at radius 1 is 1.41 bits per heavy atom. The highest BCUT2D eigenvalue weighted by molar-refractivity contribution is 5.78. The van der Waals surface area contributed by atoms with Crippen LogP contribution in [0.25, 0.3) is 0 Å². The van der Waals surface area contributed by atoms with Crippen LogP contribution in [0, 0.1) is 6.92 Å². The normalized spacial score (nSPS) is 16.1. The average molecular weight is 306 g/mol. The van der Waals surface area contributed by atoms with Crippen LogP contribution in [0.1, 0.15) is 18.4 Å². The van der Waals surface area contributed by atoms with Gasteiger partial charge in [-0.05, 0) is 44.5 Å². The maximum Gasteiger partial charge on any atom is 0.236 e. The van der Waals surface area contributed by atoms with Gasteiger partial charge in [-0.3, -0.25) is 9.69 Å². The van der Waals surface area contributed by atoms with E-state index in [0.717, 1.165) is 5.75 Å². The first-order chi connectivity index (χ1) is 10.5. The molecule has 1 aliphatic rings. The van der Waals surface area contributed by atoms with E-state index in [1.54, 1.807) is 0 Å². The summed E-state index contributed by atoms with van der Waals surface area (Å²) in [4.78, 5) is 16.0. The third-order valence-electron chi connectivity index (χ3n) is 3.95. The maximum absolute atomic E-state index is 12.2. The minimum absolute atomic E-state index is 0.130. The second-order valence-electron chi connectivity index (χ2n) is 6.01. The Labute approximate surface area is 132 Å². The summed E-state index contributed by atoms with van der Waals surface area (Å²) >= 11 is 0. The maximum atomic E-state index is 12.2. The van der Waals surface area contributed by atoms with Crippen LogP contribution in [0.5, 0.6) is 5.75 Å². The van der Waals surface area contributed by atoms with Gasteiger partial charge >= 0.3 is 0 Å². The van der Waals surface area contributed by atoms with Crippen LogP contribution in [-0.2, 0) is 4.79 Å². The molecule has 0 bridgehead atoms. The Hall–Kier alpha value is -1.59. The van der Waals surface area contributed by atoms with Gasteiger partial charge in [-0.15, -0.1) is 0 Å². The standard InChI is InChI=1S/C17H26N2O3/c1-14-4-3-5-16(12-14)22-11-10-18(2)13-17(21)19-8-6-15(20)7-9-19/h3-5,12,15,20H,6-11,13H2,1-2H3. The highest BCUT2D eigenvalue weighted by atomic mass is 16.5. The van der Waals surface area contributed by atoms with E-state index in [-0.39, 0.29) is 12.0 Å². The Kier molecular flexibility index (Phi) is 6.21. The van der Waals surface area contributed by atoms with Crippen molar-refractivity contribution in [2.75, 3.05) is 39.8 Å². The van der Waals surface area contributed by atoms with Crippen LogP contribution in [0.3, 0.4) is 0 Å². The number of aliphatic hydroxyl groups excluding tert-OH is 1. The minimum atomic E-state index is -0.246. The fraction of sp³-hybridized carbons (Fsp3) is 0.588. The van der Waals surface area contributed by atoms with Crippen LogP contribution in [0.15, 0.2) is 24.3 Å². The van der Waals surface area contributed by atoms with Gasteiger partial charge in [0, 0.05) is 19.6 Å². The van der Waals surface area contributed by atoms with Gasteiger partial charge in [0.15, 0.2) is 0 Å². The molecular weight excluding hydrogens is 280 g/mol. The van der Waals surface area contributed by atoms with Crippen LogP contribution in [0.2, 0.25) is 0 Å². The first kappa shape index (κ1) is 16.8. The Morgan fingerprint density at radius 3 is 2.82 bits per heavy atom. The zero-order chi connectivity index (χ0) is 15.9. The molecule has 0 aromatic heterocycles. The first-order valence-corrected chi connectivity index (χ1v) is 7.88. The summed E-state index contributed by atoms with van der Waals surface area (Å²) in [6.45, 7) is 5.02. The lowest BCUT2D eigenvalue weighted by atomic mass is 10.1. The fourth-order valence-electron chi connectivity index (χ4n) is 2.55. The molecule has 1 aromatic rings. The smallest absolute Gasteiger partial charge is 0.236 e. The van der Waals surface area contributed by atoms with Gasteiger partial charge in [0.1, 0.15) is 12.4 Å². The van der Waals surface area contributed by atoms with Crippen LogP contribution in [0.4, 0.5) is 0 Å². The SMILES string of the molecule is Cc1cccc(OCCN(C)CC(=O)N2CCC(O)CC2)c1. The predicted octanol–water partition coefficient (Wildman–Crippen LogP) is 1.29. The summed E-state index contributed by atoms with van der Waals surface area (Å²) in [6, 6.07) is 7.96. The molecule has 5 heteroatoms. The number of likely N-dealkylation sites (N-methyl/N-ethyl adjacent to an activating group) is 1. The molecule has 0 spiro atoms. The topological polar surface area (TPSA) is 53.0 Å². The summed E-state index contributed by atoms with van der Waals surface area (Å²) in [6.07, 6.45) is 1.13. The second-order valence-corrected chi connectivity index (χ2v) is 6.01. The zero-order valence-corrected chi connectivity index (χ0v) is 13.5. The molecule has 22 heavy (non-hydrogen) atoms. The summed E-state index contributed by atoms with van der Waals surface area (Å²) in [5.41, 5.74) is 1.17. The highest BCUT2D eigenvalue weighted by Gasteiger charge is 2.21. The number of amides is 1. The van der Waals surface area contributed by atoms with E-state index >= 15 is 0 Å². The monoisotopic (exact) mass is 306 g/mol. The van der Waals surface area contributed by atoms with E-state index in [9.17, 15) is 9.90 Å². The number of aryl methyl sites for hydroxylation is 1. The van der Waals surface area contributed by atoms with Gasteiger partial charge in [0.05, 0.1) is 12.6 Å². The molecule has 5 nitrogen and oxygen atoms in total. The van der Waals surface area contributed by atoms with Crippen molar-refractivity contribution in [1.29, 1.82) is 0 Å². The fourth-order valence-corrected chi connectivity index (χ4v) is 2.55. The van der Waals surface area contributed by atoms with Crippen molar-refractivity contribution in [3.63, 3.8) is 0 Å². The highest BCUT2D eigenvalue weighted by Crippen LogP contribution is 2.12. The molecule has 1 aromatic carbocycles. The Bertz CT molecular complexity index is 485. The summed E-state index contributed by atoms with van der Waals surface area (Å²) in [5, 5.41) is 9.47. The predicted molar refractivity (Wildman–Crippen MR) is 86.0 cm³/mol. The number of carbonyl (C=O) groups is 1. The number of piperidine rings is 1. The summed E-state index contributed by atoms with van der Waals surface area (Å²) < 4.78 is 5.70. The zero-order valence-electron chi connectivity index (χ0n) is 13.5. The molecule has 1 N–H and O–H groups in total. The molecule has 0 unspecified atom stereocenters. The van der Waals surface area contributed by atoms with Crippen molar-refractivity contribution in [1.82, 2.24) is 9.80 Å². The van der Waals surface area contributed by atoms with E-state index in [2.05, 4.69) is 0 Å².